The van der Waals surface area contributed by atoms with E-state index in [-0.39, 0.29) is 24.4 Å². The molecule has 0 saturated carbocycles. The lowest BCUT2D eigenvalue weighted by atomic mass is 10.0. The van der Waals surface area contributed by atoms with Gasteiger partial charge in [-0.2, -0.15) is 0 Å². The van der Waals surface area contributed by atoms with Crippen molar-refractivity contribution in [2.45, 2.75) is 25.8 Å². The number of anilines is 1. The fraction of sp³-hybridized carbons (Fsp3) is 0.429. The minimum atomic E-state index is -0.149. The highest BCUT2D eigenvalue weighted by molar-refractivity contribution is 5.94. The summed E-state index contributed by atoms with van der Waals surface area (Å²) in [6.07, 6.45) is 4.53. The maximum Gasteiger partial charge on any atom is 0.274 e. The summed E-state index contributed by atoms with van der Waals surface area (Å²) in [4.78, 5) is 37.3. The average Bonchev–Trinajstić information content (AvgIpc) is 2.79. The van der Waals surface area contributed by atoms with Gasteiger partial charge in [-0.25, -0.2) is 4.98 Å². The first-order valence-corrected chi connectivity index (χ1v) is 9.87. The molecule has 3 heterocycles. The Bertz CT molecular complexity index is 902. The molecule has 0 spiro atoms. The number of carbonyl (C=O) groups excluding carboxylic acids is 2. The van der Waals surface area contributed by atoms with Crippen LogP contribution in [0.25, 0.3) is 0 Å². The molecule has 1 atom stereocenters. The molecule has 0 unspecified atom stereocenters. The molecule has 2 aliphatic heterocycles. The lowest BCUT2D eigenvalue weighted by molar-refractivity contribution is -0.118. The first kappa shape index (κ1) is 19.3. The van der Waals surface area contributed by atoms with Crippen molar-refractivity contribution in [3.05, 3.63) is 48.0 Å². The van der Waals surface area contributed by atoms with E-state index in [0.717, 1.165) is 5.56 Å². The number of hydrogen-bond donors (Lipinski definition) is 1. The fourth-order valence-electron chi connectivity index (χ4n) is 3.71. The van der Waals surface area contributed by atoms with E-state index in [4.69, 9.17) is 4.74 Å². The van der Waals surface area contributed by atoms with Crippen LogP contribution in [0.15, 0.2) is 36.8 Å². The van der Waals surface area contributed by atoms with Crippen molar-refractivity contribution in [2.24, 2.45) is 0 Å². The normalized spacial score (nSPS) is 19.9. The summed E-state index contributed by atoms with van der Waals surface area (Å²) in [5, 5.41) is 2.99. The van der Waals surface area contributed by atoms with E-state index < -0.39 is 0 Å². The number of hydrogen-bond acceptors (Lipinski definition) is 6. The van der Waals surface area contributed by atoms with E-state index >= 15 is 0 Å². The van der Waals surface area contributed by atoms with Gasteiger partial charge in [0.1, 0.15) is 18.1 Å². The van der Waals surface area contributed by atoms with Gasteiger partial charge in [0.05, 0.1) is 24.5 Å². The standard InChI is InChI=1S/C21H25N5O3/c1-14(2)15-3-4-19-17(9-15)24-20(27)12-25-7-8-26(11-16(25)13-29-19)21(28)18-10-22-5-6-23-18/h3-6,9-10,14,16H,7-8,11-13H2,1-2H3,(H,24,27)/t16-/m0/s1. The van der Waals surface area contributed by atoms with Gasteiger partial charge in [0.25, 0.3) is 5.91 Å². The molecule has 4 rings (SSSR count). The van der Waals surface area contributed by atoms with Crippen molar-refractivity contribution >= 4 is 17.5 Å². The molecular weight excluding hydrogens is 370 g/mol. The van der Waals surface area contributed by atoms with Crippen LogP contribution >= 0.6 is 0 Å². The van der Waals surface area contributed by atoms with Crippen LogP contribution in [0.1, 0.15) is 35.8 Å². The summed E-state index contributed by atoms with van der Waals surface area (Å²) in [5.41, 5.74) is 2.17. The number of piperazine rings is 1. The van der Waals surface area contributed by atoms with Crippen LogP contribution in [0.2, 0.25) is 0 Å². The zero-order valence-electron chi connectivity index (χ0n) is 16.7. The topological polar surface area (TPSA) is 87.7 Å². The highest BCUT2D eigenvalue weighted by Crippen LogP contribution is 2.30. The van der Waals surface area contributed by atoms with Crippen LogP contribution in [-0.4, -0.2) is 70.4 Å². The van der Waals surface area contributed by atoms with Crippen LogP contribution in [-0.2, 0) is 4.79 Å². The highest BCUT2D eigenvalue weighted by Gasteiger charge is 2.33. The number of rotatable bonds is 2. The van der Waals surface area contributed by atoms with Crippen molar-refractivity contribution in [3.63, 3.8) is 0 Å². The number of ether oxygens (including phenoxy) is 1. The molecule has 2 aliphatic rings. The van der Waals surface area contributed by atoms with Crippen molar-refractivity contribution in [1.82, 2.24) is 19.8 Å². The number of fused-ring (bicyclic) bond motifs is 2. The van der Waals surface area contributed by atoms with Gasteiger partial charge in [0.15, 0.2) is 0 Å². The second-order valence-corrected chi connectivity index (χ2v) is 7.74. The molecule has 0 aliphatic carbocycles. The lowest BCUT2D eigenvalue weighted by Crippen LogP contribution is -2.58. The minimum absolute atomic E-state index is 0.0728. The SMILES string of the molecule is CC(C)c1ccc2c(c1)NC(=O)CN1CCN(C(=O)c3cnccn3)C[C@H]1CO2. The van der Waals surface area contributed by atoms with E-state index in [2.05, 4.69) is 34.0 Å². The summed E-state index contributed by atoms with van der Waals surface area (Å²) in [7, 11) is 0. The van der Waals surface area contributed by atoms with Gasteiger partial charge >= 0.3 is 0 Å². The smallest absolute Gasteiger partial charge is 0.274 e. The van der Waals surface area contributed by atoms with Gasteiger partial charge < -0.3 is 15.0 Å². The van der Waals surface area contributed by atoms with E-state index in [1.165, 1.54) is 12.4 Å². The Labute approximate surface area is 169 Å². The third kappa shape index (κ3) is 4.22. The van der Waals surface area contributed by atoms with Gasteiger partial charge in [-0.1, -0.05) is 19.9 Å². The Balaban J connectivity index is 1.53. The summed E-state index contributed by atoms with van der Waals surface area (Å²) in [6.45, 7) is 6.50. The van der Waals surface area contributed by atoms with Gasteiger partial charge in [-0.3, -0.25) is 19.5 Å². The average molecular weight is 395 g/mol. The van der Waals surface area contributed by atoms with Gasteiger partial charge in [-0.15, -0.1) is 0 Å². The lowest BCUT2D eigenvalue weighted by Gasteiger charge is -2.40. The molecule has 0 bridgehead atoms. The first-order valence-electron chi connectivity index (χ1n) is 9.87. The molecule has 1 saturated heterocycles. The molecule has 1 fully saturated rings. The summed E-state index contributed by atoms with van der Waals surface area (Å²) in [5.74, 6) is 0.791. The third-order valence-corrected chi connectivity index (χ3v) is 5.40. The molecule has 2 amide bonds. The van der Waals surface area contributed by atoms with Crippen molar-refractivity contribution in [3.8, 4) is 5.75 Å². The Hall–Kier alpha value is -3.00. The van der Waals surface area contributed by atoms with Crippen LogP contribution < -0.4 is 10.1 Å². The second-order valence-electron chi connectivity index (χ2n) is 7.74. The largest absolute Gasteiger partial charge is 0.490 e. The van der Waals surface area contributed by atoms with Crippen LogP contribution in [0, 0.1) is 0 Å². The predicted octanol–water partition coefficient (Wildman–Crippen LogP) is 1.76. The quantitative estimate of drug-likeness (QED) is 0.834. The molecule has 1 aromatic carbocycles. The third-order valence-electron chi connectivity index (χ3n) is 5.40. The zero-order valence-corrected chi connectivity index (χ0v) is 16.7. The molecule has 1 aromatic heterocycles. The zero-order chi connectivity index (χ0) is 20.4. The Morgan fingerprint density at radius 3 is 2.90 bits per heavy atom. The molecule has 1 N–H and O–H groups in total. The molecular formula is C21H25N5O3. The Morgan fingerprint density at radius 1 is 1.28 bits per heavy atom. The predicted molar refractivity (Wildman–Crippen MR) is 108 cm³/mol. The van der Waals surface area contributed by atoms with Gasteiger partial charge in [-0.05, 0) is 23.6 Å². The molecule has 8 nitrogen and oxygen atoms in total. The van der Waals surface area contributed by atoms with Crippen LogP contribution in [0.3, 0.4) is 0 Å². The minimum Gasteiger partial charge on any atom is -0.490 e. The number of carbonyl (C=O) groups is 2. The first-order chi connectivity index (χ1) is 14.0. The molecule has 2 aromatic rings. The number of nitrogens with zero attached hydrogens (tertiary/aromatic N) is 4. The Kier molecular flexibility index (Phi) is 5.44. The van der Waals surface area contributed by atoms with Gasteiger partial charge in [0.2, 0.25) is 5.91 Å². The second kappa shape index (κ2) is 8.16. The number of aromatic nitrogens is 2. The van der Waals surface area contributed by atoms with E-state index in [0.29, 0.717) is 49.3 Å². The summed E-state index contributed by atoms with van der Waals surface area (Å²) in [6, 6.07) is 5.83. The maximum absolute atomic E-state index is 12.7. The molecule has 152 valence electrons. The highest BCUT2D eigenvalue weighted by atomic mass is 16.5. The number of nitrogens with one attached hydrogen (secondary N) is 1. The number of benzene rings is 1. The van der Waals surface area contributed by atoms with E-state index in [1.807, 2.05) is 18.2 Å². The molecule has 0 radical (unpaired) electrons. The fourth-order valence-corrected chi connectivity index (χ4v) is 3.71. The monoisotopic (exact) mass is 395 g/mol. The molecule has 29 heavy (non-hydrogen) atoms. The van der Waals surface area contributed by atoms with E-state index in [9.17, 15) is 9.59 Å². The van der Waals surface area contributed by atoms with Crippen molar-refractivity contribution in [1.29, 1.82) is 0 Å². The summed E-state index contributed by atoms with van der Waals surface area (Å²) < 4.78 is 6.07. The van der Waals surface area contributed by atoms with Gasteiger partial charge in [0, 0.05) is 32.0 Å². The maximum atomic E-state index is 12.7. The van der Waals surface area contributed by atoms with Crippen LogP contribution in [0.4, 0.5) is 5.69 Å². The van der Waals surface area contributed by atoms with Crippen molar-refractivity contribution in [2.75, 3.05) is 38.1 Å². The van der Waals surface area contributed by atoms with E-state index in [1.54, 1.807) is 11.1 Å². The van der Waals surface area contributed by atoms with Crippen LogP contribution in [0.5, 0.6) is 5.75 Å². The van der Waals surface area contributed by atoms with Crippen molar-refractivity contribution < 1.29 is 14.3 Å². The summed E-state index contributed by atoms with van der Waals surface area (Å²) >= 11 is 0. The Morgan fingerprint density at radius 2 is 2.14 bits per heavy atom. The number of amides is 2. The molecule has 8 heteroatoms.